The van der Waals surface area contributed by atoms with Crippen LogP contribution in [0.5, 0.6) is 0 Å². The van der Waals surface area contributed by atoms with Crippen LogP contribution in [-0.2, 0) is 16.9 Å². The molecule has 4 nitrogen and oxygen atoms in total. The Morgan fingerprint density at radius 3 is 2.75 bits per heavy atom. The molecule has 1 aromatic heterocycles. The number of halogens is 1. The highest BCUT2D eigenvalue weighted by Crippen LogP contribution is 2.06. The molecule has 0 saturated carbocycles. The van der Waals surface area contributed by atoms with E-state index < -0.39 is 9.84 Å². The van der Waals surface area contributed by atoms with Crippen LogP contribution in [0.4, 0.5) is 0 Å². The standard InChI is InChI=1S/C6H9ClN2O2S/c1-9-4-3-8-6(9)12(10,11)5-2-7/h3-4H,2,5H2,1H3. The average molecular weight is 209 g/mol. The number of hydrogen-bond acceptors (Lipinski definition) is 3. The Balaban J connectivity index is 3.06. The van der Waals surface area contributed by atoms with Gasteiger partial charge in [0.15, 0.2) is 0 Å². The van der Waals surface area contributed by atoms with Crippen LogP contribution < -0.4 is 0 Å². The highest BCUT2D eigenvalue weighted by Gasteiger charge is 2.17. The van der Waals surface area contributed by atoms with Crippen molar-refractivity contribution < 1.29 is 8.42 Å². The second-order valence-electron chi connectivity index (χ2n) is 2.33. The van der Waals surface area contributed by atoms with Crippen LogP contribution in [0, 0.1) is 0 Å². The van der Waals surface area contributed by atoms with Crippen LogP contribution >= 0.6 is 11.6 Å². The van der Waals surface area contributed by atoms with Gasteiger partial charge < -0.3 is 4.57 Å². The van der Waals surface area contributed by atoms with E-state index in [1.54, 1.807) is 13.2 Å². The monoisotopic (exact) mass is 208 g/mol. The molecular formula is C6H9ClN2O2S. The lowest BCUT2D eigenvalue weighted by molar-refractivity contribution is 0.580. The molecule has 0 bridgehead atoms. The first-order chi connectivity index (χ1) is 5.58. The zero-order valence-electron chi connectivity index (χ0n) is 6.57. The molecule has 1 rings (SSSR count). The first-order valence-corrected chi connectivity index (χ1v) is 5.52. The number of aryl methyl sites for hydroxylation is 1. The molecular weight excluding hydrogens is 200 g/mol. The molecule has 1 heterocycles. The average Bonchev–Trinajstić information content (AvgIpc) is 2.35. The summed E-state index contributed by atoms with van der Waals surface area (Å²) in [6.45, 7) is 0. The molecule has 0 unspecified atom stereocenters. The molecule has 0 aliphatic carbocycles. The van der Waals surface area contributed by atoms with Gasteiger partial charge in [0, 0.05) is 25.3 Å². The summed E-state index contributed by atoms with van der Waals surface area (Å²) >= 11 is 5.34. The largest absolute Gasteiger partial charge is 0.325 e. The summed E-state index contributed by atoms with van der Waals surface area (Å²) in [5, 5.41) is 0.0724. The van der Waals surface area contributed by atoms with E-state index in [1.165, 1.54) is 10.8 Å². The third kappa shape index (κ3) is 1.78. The fourth-order valence-electron chi connectivity index (χ4n) is 0.844. The van der Waals surface area contributed by atoms with Gasteiger partial charge in [-0.2, -0.15) is 0 Å². The van der Waals surface area contributed by atoms with E-state index in [2.05, 4.69) is 4.98 Å². The summed E-state index contributed by atoms with van der Waals surface area (Å²) in [5.74, 6) is 0.0224. The van der Waals surface area contributed by atoms with E-state index in [-0.39, 0.29) is 16.8 Å². The Labute approximate surface area is 76.1 Å². The Morgan fingerprint density at radius 2 is 2.33 bits per heavy atom. The molecule has 0 N–H and O–H groups in total. The van der Waals surface area contributed by atoms with Gasteiger partial charge in [-0.15, -0.1) is 11.6 Å². The summed E-state index contributed by atoms with van der Waals surface area (Å²) in [4.78, 5) is 3.72. The number of alkyl halides is 1. The number of nitrogens with zero attached hydrogens (tertiary/aromatic N) is 2. The molecule has 68 valence electrons. The maximum atomic E-state index is 11.3. The summed E-state index contributed by atoms with van der Waals surface area (Å²) in [7, 11) is -1.64. The summed E-state index contributed by atoms with van der Waals surface area (Å²) < 4.78 is 24.2. The van der Waals surface area contributed by atoms with Crippen molar-refractivity contribution in [2.45, 2.75) is 5.16 Å². The van der Waals surface area contributed by atoms with Crippen LogP contribution in [0.15, 0.2) is 17.6 Å². The number of hydrogen-bond donors (Lipinski definition) is 0. The van der Waals surface area contributed by atoms with Gasteiger partial charge >= 0.3 is 0 Å². The van der Waals surface area contributed by atoms with Gasteiger partial charge in [-0.05, 0) is 0 Å². The van der Waals surface area contributed by atoms with E-state index >= 15 is 0 Å². The van der Waals surface area contributed by atoms with Gasteiger partial charge in [-0.3, -0.25) is 0 Å². The van der Waals surface area contributed by atoms with E-state index in [0.29, 0.717) is 0 Å². The van der Waals surface area contributed by atoms with Crippen LogP contribution in [0.2, 0.25) is 0 Å². The zero-order chi connectivity index (χ0) is 9.19. The van der Waals surface area contributed by atoms with Crippen molar-refractivity contribution >= 4 is 21.4 Å². The van der Waals surface area contributed by atoms with Gasteiger partial charge in [0.05, 0.1) is 5.75 Å². The third-order valence-corrected chi connectivity index (χ3v) is 3.51. The minimum absolute atomic E-state index is 0.0700. The Morgan fingerprint density at radius 1 is 1.67 bits per heavy atom. The number of imidazole rings is 1. The van der Waals surface area contributed by atoms with Crippen molar-refractivity contribution in [3.63, 3.8) is 0 Å². The fraction of sp³-hybridized carbons (Fsp3) is 0.500. The van der Waals surface area contributed by atoms with Gasteiger partial charge in [0.25, 0.3) is 0 Å². The molecule has 6 heteroatoms. The zero-order valence-corrected chi connectivity index (χ0v) is 8.14. The second kappa shape index (κ2) is 3.45. The van der Waals surface area contributed by atoms with Crippen molar-refractivity contribution in [2.24, 2.45) is 7.05 Å². The van der Waals surface area contributed by atoms with Crippen molar-refractivity contribution in [1.82, 2.24) is 9.55 Å². The first kappa shape index (κ1) is 9.54. The van der Waals surface area contributed by atoms with Gasteiger partial charge in [-0.25, -0.2) is 13.4 Å². The Kier molecular flexibility index (Phi) is 2.74. The van der Waals surface area contributed by atoms with Crippen LogP contribution in [0.1, 0.15) is 0 Å². The molecule has 0 spiro atoms. The molecule has 0 amide bonds. The number of aromatic nitrogens is 2. The van der Waals surface area contributed by atoms with Crippen molar-refractivity contribution in [3.05, 3.63) is 12.4 Å². The maximum absolute atomic E-state index is 11.3. The van der Waals surface area contributed by atoms with Crippen molar-refractivity contribution in [3.8, 4) is 0 Å². The second-order valence-corrected chi connectivity index (χ2v) is 4.71. The molecule has 0 aliphatic rings. The quantitative estimate of drug-likeness (QED) is 0.678. The molecule has 0 aromatic carbocycles. The maximum Gasteiger partial charge on any atom is 0.227 e. The lowest BCUT2D eigenvalue weighted by atomic mass is 10.9. The molecule has 0 atom stereocenters. The minimum atomic E-state index is -3.28. The van der Waals surface area contributed by atoms with E-state index in [0.717, 1.165) is 0 Å². The van der Waals surface area contributed by atoms with E-state index in [9.17, 15) is 8.42 Å². The van der Waals surface area contributed by atoms with Gasteiger partial charge in [0.1, 0.15) is 0 Å². The number of rotatable bonds is 3. The molecule has 1 aromatic rings. The first-order valence-electron chi connectivity index (χ1n) is 3.34. The van der Waals surface area contributed by atoms with E-state index in [4.69, 9.17) is 11.6 Å². The summed E-state index contributed by atoms with van der Waals surface area (Å²) in [5.41, 5.74) is 0. The molecule has 0 radical (unpaired) electrons. The minimum Gasteiger partial charge on any atom is -0.325 e. The van der Waals surface area contributed by atoms with Crippen molar-refractivity contribution in [1.29, 1.82) is 0 Å². The van der Waals surface area contributed by atoms with Crippen molar-refractivity contribution in [2.75, 3.05) is 11.6 Å². The molecule has 12 heavy (non-hydrogen) atoms. The smallest absolute Gasteiger partial charge is 0.227 e. The summed E-state index contributed by atoms with van der Waals surface area (Å²) in [6, 6.07) is 0. The SMILES string of the molecule is Cn1ccnc1S(=O)(=O)CCCl. The normalized spacial score (nSPS) is 11.8. The highest BCUT2D eigenvalue weighted by molar-refractivity contribution is 7.91. The molecule has 0 fully saturated rings. The number of sulfone groups is 1. The summed E-state index contributed by atoms with van der Waals surface area (Å²) in [6.07, 6.45) is 3.03. The third-order valence-electron chi connectivity index (χ3n) is 1.40. The lowest BCUT2D eigenvalue weighted by Gasteiger charge is -2.00. The molecule has 0 aliphatic heterocycles. The predicted octanol–water partition coefficient (Wildman–Crippen LogP) is 0.433. The highest BCUT2D eigenvalue weighted by atomic mass is 35.5. The van der Waals surface area contributed by atoms with Crippen LogP contribution in [0.3, 0.4) is 0 Å². The molecule has 0 saturated heterocycles. The van der Waals surface area contributed by atoms with Gasteiger partial charge in [-0.1, -0.05) is 0 Å². The van der Waals surface area contributed by atoms with Crippen LogP contribution in [0.25, 0.3) is 0 Å². The predicted molar refractivity (Wildman–Crippen MR) is 46.0 cm³/mol. The Bertz CT molecular complexity index is 357. The van der Waals surface area contributed by atoms with E-state index in [1.807, 2.05) is 0 Å². The Hall–Kier alpha value is -0.550. The fourth-order valence-corrected chi connectivity index (χ4v) is 2.56. The topological polar surface area (TPSA) is 52.0 Å². The van der Waals surface area contributed by atoms with Gasteiger partial charge in [0.2, 0.25) is 15.0 Å². The van der Waals surface area contributed by atoms with Crippen LogP contribution in [-0.4, -0.2) is 29.6 Å². The lowest BCUT2D eigenvalue weighted by Crippen LogP contribution is -2.12.